The highest BCUT2D eigenvalue weighted by molar-refractivity contribution is 5.81. The summed E-state index contributed by atoms with van der Waals surface area (Å²) in [6, 6.07) is -0.374. The molecule has 1 heterocycles. The predicted octanol–water partition coefficient (Wildman–Crippen LogP) is 0.0189. The molecule has 13 heavy (non-hydrogen) atoms. The van der Waals surface area contributed by atoms with Crippen LogP contribution in [-0.2, 0) is 9.53 Å². The highest BCUT2D eigenvalue weighted by Gasteiger charge is 2.17. The van der Waals surface area contributed by atoms with Gasteiger partial charge in [-0.25, -0.2) is 0 Å². The van der Waals surface area contributed by atoms with Crippen molar-refractivity contribution in [3.8, 4) is 0 Å². The molecule has 0 spiro atoms. The van der Waals surface area contributed by atoms with Gasteiger partial charge >= 0.3 is 0 Å². The van der Waals surface area contributed by atoms with E-state index in [1.54, 1.807) is 0 Å². The van der Waals surface area contributed by atoms with E-state index in [4.69, 9.17) is 10.5 Å². The smallest absolute Gasteiger partial charge is 0.236 e. The first kappa shape index (κ1) is 10.5. The molecular weight excluding hydrogens is 168 g/mol. The summed E-state index contributed by atoms with van der Waals surface area (Å²) in [5, 5.41) is 2.79. The van der Waals surface area contributed by atoms with Gasteiger partial charge in [0.15, 0.2) is 0 Å². The molecule has 0 saturated carbocycles. The monoisotopic (exact) mass is 186 g/mol. The average Bonchev–Trinajstić information content (AvgIpc) is 2.65. The number of hydrogen-bond donors (Lipinski definition) is 2. The summed E-state index contributed by atoms with van der Waals surface area (Å²) >= 11 is 0. The standard InChI is InChI=1S/C9H18N2O2/c1-2-8(10)9(12)11-6-7-4-3-5-13-7/h7-8H,2-6,10H2,1H3,(H,11,12)/t7?,8-/m0/s1. The predicted molar refractivity (Wildman–Crippen MR) is 50.3 cm³/mol. The van der Waals surface area contributed by atoms with E-state index >= 15 is 0 Å². The fraction of sp³-hybridized carbons (Fsp3) is 0.889. The van der Waals surface area contributed by atoms with Crippen LogP contribution in [0.5, 0.6) is 0 Å². The average molecular weight is 186 g/mol. The second-order valence-corrected chi connectivity index (χ2v) is 3.39. The SMILES string of the molecule is CC[C@H](N)C(=O)NCC1CCCO1. The molecule has 1 unspecified atom stereocenters. The van der Waals surface area contributed by atoms with E-state index in [0.717, 1.165) is 19.4 Å². The normalized spacial score (nSPS) is 24.3. The number of hydrogen-bond acceptors (Lipinski definition) is 3. The molecule has 0 aliphatic carbocycles. The van der Waals surface area contributed by atoms with Crippen molar-refractivity contribution < 1.29 is 9.53 Å². The minimum Gasteiger partial charge on any atom is -0.376 e. The molecule has 1 rings (SSSR count). The van der Waals surface area contributed by atoms with Crippen molar-refractivity contribution in [1.82, 2.24) is 5.32 Å². The van der Waals surface area contributed by atoms with Crippen molar-refractivity contribution in [2.24, 2.45) is 5.73 Å². The first-order valence-corrected chi connectivity index (χ1v) is 4.89. The quantitative estimate of drug-likeness (QED) is 0.650. The molecular formula is C9H18N2O2. The van der Waals surface area contributed by atoms with Crippen molar-refractivity contribution in [2.75, 3.05) is 13.2 Å². The van der Waals surface area contributed by atoms with Gasteiger partial charge in [-0.3, -0.25) is 4.79 Å². The minimum atomic E-state index is -0.374. The summed E-state index contributed by atoms with van der Waals surface area (Å²) < 4.78 is 5.36. The fourth-order valence-corrected chi connectivity index (χ4v) is 1.34. The molecule has 1 saturated heterocycles. The van der Waals surface area contributed by atoms with Gasteiger partial charge < -0.3 is 15.8 Å². The Hall–Kier alpha value is -0.610. The van der Waals surface area contributed by atoms with Crippen LogP contribution >= 0.6 is 0 Å². The van der Waals surface area contributed by atoms with Gasteiger partial charge in [-0.1, -0.05) is 6.92 Å². The summed E-state index contributed by atoms with van der Waals surface area (Å²) in [7, 11) is 0. The Bertz CT molecular complexity index is 167. The third-order valence-corrected chi connectivity index (χ3v) is 2.30. The summed E-state index contributed by atoms with van der Waals surface area (Å²) in [5.41, 5.74) is 5.55. The third-order valence-electron chi connectivity index (χ3n) is 2.30. The summed E-state index contributed by atoms with van der Waals surface area (Å²) in [5.74, 6) is -0.0713. The Balaban J connectivity index is 2.13. The highest BCUT2D eigenvalue weighted by Crippen LogP contribution is 2.10. The van der Waals surface area contributed by atoms with Crippen molar-refractivity contribution in [2.45, 2.75) is 38.3 Å². The molecule has 1 aliphatic rings. The lowest BCUT2D eigenvalue weighted by molar-refractivity contribution is -0.122. The van der Waals surface area contributed by atoms with Crippen molar-refractivity contribution >= 4 is 5.91 Å². The molecule has 4 nitrogen and oxygen atoms in total. The van der Waals surface area contributed by atoms with Gasteiger partial charge in [0.25, 0.3) is 0 Å². The second kappa shape index (κ2) is 5.19. The van der Waals surface area contributed by atoms with Gasteiger partial charge in [-0.05, 0) is 19.3 Å². The van der Waals surface area contributed by atoms with E-state index in [9.17, 15) is 4.79 Å². The van der Waals surface area contributed by atoms with Crippen LogP contribution < -0.4 is 11.1 Å². The summed E-state index contributed by atoms with van der Waals surface area (Å²) in [6.07, 6.45) is 3.02. The number of ether oxygens (including phenoxy) is 1. The number of nitrogens with one attached hydrogen (secondary N) is 1. The Morgan fingerprint density at radius 2 is 2.54 bits per heavy atom. The molecule has 0 aromatic carbocycles. The number of carbonyl (C=O) groups excluding carboxylic acids is 1. The number of rotatable bonds is 4. The van der Waals surface area contributed by atoms with Gasteiger partial charge in [-0.2, -0.15) is 0 Å². The maximum atomic E-state index is 11.2. The molecule has 0 radical (unpaired) electrons. The van der Waals surface area contributed by atoms with E-state index in [1.165, 1.54) is 0 Å². The van der Waals surface area contributed by atoms with Crippen molar-refractivity contribution in [3.63, 3.8) is 0 Å². The Labute approximate surface area is 78.8 Å². The summed E-state index contributed by atoms with van der Waals surface area (Å²) in [6.45, 7) is 3.32. The van der Waals surface area contributed by atoms with E-state index in [0.29, 0.717) is 13.0 Å². The van der Waals surface area contributed by atoms with E-state index in [1.807, 2.05) is 6.92 Å². The maximum absolute atomic E-state index is 11.2. The fourth-order valence-electron chi connectivity index (χ4n) is 1.34. The molecule has 1 aliphatic heterocycles. The van der Waals surface area contributed by atoms with E-state index < -0.39 is 0 Å². The largest absolute Gasteiger partial charge is 0.376 e. The van der Waals surface area contributed by atoms with Crippen LogP contribution in [0.3, 0.4) is 0 Å². The lowest BCUT2D eigenvalue weighted by atomic mass is 10.2. The van der Waals surface area contributed by atoms with Crippen molar-refractivity contribution in [1.29, 1.82) is 0 Å². The van der Waals surface area contributed by atoms with E-state index in [-0.39, 0.29) is 18.1 Å². The molecule has 4 heteroatoms. The maximum Gasteiger partial charge on any atom is 0.236 e. The molecule has 3 N–H and O–H groups in total. The van der Waals surface area contributed by atoms with Gasteiger partial charge in [0.2, 0.25) is 5.91 Å². The Kier molecular flexibility index (Phi) is 4.18. The lowest BCUT2D eigenvalue weighted by Gasteiger charge is -2.13. The minimum absolute atomic E-state index is 0.0713. The molecule has 1 amide bonds. The zero-order valence-corrected chi connectivity index (χ0v) is 8.08. The van der Waals surface area contributed by atoms with Crippen LogP contribution in [0.4, 0.5) is 0 Å². The number of carbonyl (C=O) groups is 1. The topological polar surface area (TPSA) is 64.4 Å². The van der Waals surface area contributed by atoms with Crippen LogP contribution in [0, 0.1) is 0 Å². The second-order valence-electron chi connectivity index (χ2n) is 3.39. The third kappa shape index (κ3) is 3.32. The van der Waals surface area contributed by atoms with Crippen LogP contribution in [-0.4, -0.2) is 31.2 Å². The molecule has 2 atom stereocenters. The zero-order chi connectivity index (χ0) is 9.68. The molecule has 0 aromatic rings. The van der Waals surface area contributed by atoms with Gasteiger partial charge in [0, 0.05) is 13.2 Å². The van der Waals surface area contributed by atoms with Crippen LogP contribution in [0.2, 0.25) is 0 Å². The number of nitrogens with two attached hydrogens (primary N) is 1. The van der Waals surface area contributed by atoms with Gasteiger partial charge in [0.1, 0.15) is 0 Å². The van der Waals surface area contributed by atoms with Gasteiger partial charge in [0.05, 0.1) is 12.1 Å². The molecule has 76 valence electrons. The Morgan fingerprint density at radius 3 is 3.08 bits per heavy atom. The molecule has 0 bridgehead atoms. The van der Waals surface area contributed by atoms with E-state index in [2.05, 4.69) is 5.32 Å². The highest BCUT2D eigenvalue weighted by atomic mass is 16.5. The molecule has 0 aromatic heterocycles. The Morgan fingerprint density at radius 1 is 1.77 bits per heavy atom. The lowest BCUT2D eigenvalue weighted by Crippen LogP contribution is -2.42. The zero-order valence-electron chi connectivity index (χ0n) is 8.08. The molecule has 1 fully saturated rings. The van der Waals surface area contributed by atoms with Crippen LogP contribution in [0.1, 0.15) is 26.2 Å². The van der Waals surface area contributed by atoms with Gasteiger partial charge in [-0.15, -0.1) is 0 Å². The van der Waals surface area contributed by atoms with Crippen LogP contribution in [0.25, 0.3) is 0 Å². The number of amides is 1. The first-order valence-electron chi connectivity index (χ1n) is 4.89. The van der Waals surface area contributed by atoms with Crippen molar-refractivity contribution in [3.05, 3.63) is 0 Å². The first-order chi connectivity index (χ1) is 6.24. The van der Waals surface area contributed by atoms with Crippen LogP contribution in [0.15, 0.2) is 0 Å². The summed E-state index contributed by atoms with van der Waals surface area (Å²) in [4.78, 5) is 11.2.